The molecule has 6 nitrogen and oxygen atoms in total. The van der Waals surface area contributed by atoms with Crippen LogP contribution in [0.25, 0.3) is 10.2 Å². The Balaban J connectivity index is 1.67. The third-order valence-corrected chi connectivity index (χ3v) is 4.22. The van der Waals surface area contributed by atoms with Crippen molar-refractivity contribution in [3.63, 3.8) is 0 Å². The topological polar surface area (TPSA) is 76.9 Å². The van der Waals surface area contributed by atoms with E-state index >= 15 is 0 Å². The molecule has 0 spiro atoms. The molecule has 0 fully saturated rings. The van der Waals surface area contributed by atoms with Gasteiger partial charge in [0.1, 0.15) is 4.70 Å². The second-order valence-electron chi connectivity index (χ2n) is 4.77. The molecule has 3 rings (SSSR count). The standard InChI is InChI=1S/C15H14N4O2S/c1-10-11(3-2-5-16-10)14(20)17-6-7-19-9-18-12-4-8-22-13(12)15(19)21/h2-5,8-9H,6-7H2,1H3,(H,17,20). The molecule has 0 aliphatic heterocycles. The SMILES string of the molecule is Cc1ncccc1C(=O)NCCn1cnc2ccsc2c1=O. The number of carbonyl (C=O) groups is 1. The first-order valence-corrected chi connectivity index (χ1v) is 7.67. The van der Waals surface area contributed by atoms with Crippen molar-refractivity contribution in [3.05, 3.63) is 57.7 Å². The number of fused-ring (bicyclic) bond motifs is 1. The third kappa shape index (κ3) is 2.75. The number of amides is 1. The fraction of sp³-hybridized carbons (Fsp3) is 0.200. The van der Waals surface area contributed by atoms with Crippen LogP contribution in [0, 0.1) is 6.92 Å². The van der Waals surface area contributed by atoms with Crippen LogP contribution in [0.1, 0.15) is 16.1 Å². The largest absolute Gasteiger partial charge is 0.350 e. The molecule has 112 valence electrons. The minimum Gasteiger partial charge on any atom is -0.350 e. The summed E-state index contributed by atoms with van der Waals surface area (Å²) in [6.45, 7) is 2.52. The van der Waals surface area contributed by atoms with Crippen molar-refractivity contribution in [2.75, 3.05) is 6.54 Å². The van der Waals surface area contributed by atoms with E-state index in [0.29, 0.717) is 34.6 Å². The van der Waals surface area contributed by atoms with Gasteiger partial charge in [-0.2, -0.15) is 0 Å². The van der Waals surface area contributed by atoms with Crippen LogP contribution in [-0.4, -0.2) is 27.0 Å². The molecule has 0 aliphatic rings. The van der Waals surface area contributed by atoms with Crippen molar-refractivity contribution in [2.24, 2.45) is 0 Å². The highest BCUT2D eigenvalue weighted by molar-refractivity contribution is 7.17. The summed E-state index contributed by atoms with van der Waals surface area (Å²) >= 11 is 1.38. The van der Waals surface area contributed by atoms with Gasteiger partial charge in [0.05, 0.1) is 17.4 Å². The Bertz CT molecular complexity index is 884. The summed E-state index contributed by atoms with van der Waals surface area (Å²) < 4.78 is 2.15. The Hall–Kier alpha value is -2.54. The molecule has 3 aromatic rings. The molecule has 0 aromatic carbocycles. The maximum Gasteiger partial charge on any atom is 0.271 e. The maximum absolute atomic E-state index is 12.2. The second-order valence-corrected chi connectivity index (χ2v) is 5.69. The van der Waals surface area contributed by atoms with Crippen molar-refractivity contribution in [2.45, 2.75) is 13.5 Å². The zero-order valence-electron chi connectivity index (χ0n) is 11.9. The van der Waals surface area contributed by atoms with Crippen molar-refractivity contribution < 1.29 is 4.79 Å². The Morgan fingerprint density at radius 2 is 2.23 bits per heavy atom. The lowest BCUT2D eigenvalue weighted by molar-refractivity contribution is 0.0951. The molecule has 0 saturated carbocycles. The van der Waals surface area contributed by atoms with Gasteiger partial charge in [-0.25, -0.2) is 4.98 Å². The number of nitrogens with zero attached hydrogens (tertiary/aromatic N) is 3. The van der Waals surface area contributed by atoms with E-state index in [1.807, 2.05) is 11.4 Å². The molecule has 0 atom stereocenters. The Morgan fingerprint density at radius 1 is 1.36 bits per heavy atom. The van der Waals surface area contributed by atoms with Crippen molar-refractivity contribution in [3.8, 4) is 0 Å². The first kappa shape index (κ1) is 14.4. The molecular weight excluding hydrogens is 300 g/mol. The van der Waals surface area contributed by atoms with Crippen LogP contribution >= 0.6 is 11.3 Å². The first-order chi connectivity index (χ1) is 10.7. The van der Waals surface area contributed by atoms with E-state index in [4.69, 9.17) is 0 Å². The third-order valence-electron chi connectivity index (χ3n) is 3.33. The van der Waals surface area contributed by atoms with E-state index in [9.17, 15) is 9.59 Å². The summed E-state index contributed by atoms with van der Waals surface area (Å²) in [6, 6.07) is 5.27. The zero-order valence-corrected chi connectivity index (χ0v) is 12.8. The normalized spacial score (nSPS) is 10.8. The van der Waals surface area contributed by atoms with Gasteiger partial charge in [-0.3, -0.25) is 19.1 Å². The fourth-order valence-corrected chi connectivity index (χ4v) is 2.94. The van der Waals surface area contributed by atoms with E-state index in [0.717, 1.165) is 0 Å². The number of carbonyl (C=O) groups excluding carboxylic acids is 1. The number of hydrogen-bond acceptors (Lipinski definition) is 5. The molecule has 0 radical (unpaired) electrons. The molecule has 0 saturated heterocycles. The van der Waals surface area contributed by atoms with Gasteiger partial charge in [0.25, 0.3) is 11.5 Å². The number of thiophene rings is 1. The summed E-state index contributed by atoms with van der Waals surface area (Å²) in [4.78, 5) is 32.6. The minimum absolute atomic E-state index is 0.0770. The monoisotopic (exact) mass is 314 g/mol. The number of nitrogens with one attached hydrogen (secondary N) is 1. The summed E-state index contributed by atoms with van der Waals surface area (Å²) in [5, 5.41) is 4.64. The molecular formula is C15H14N4O2S. The summed E-state index contributed by atoms with van der Waals surface area (Å²) in [5.74, 6) is -0.191. The Kier molecular flexibility index (Phi) is 3.97. The lowest BCUT2D eigenvalue weighted by Crippen LogP contribution is -2.31. The van der Waals surface area contributed by atoms with Gasteiger partial charge in [-0.15, -0.1) is 11.3 Å². The molecule has 7 heteroatoms. The Morgan fingerprint density at radius 3 is 3.05 bits per heavy atom. The number of aromatic nitrogens is 3. The zero-order chi connectivity index (χ0) is 15.5. The first-order valence-electron chi connectivity index (χ1n) is 6.79. The average molecular weight is 314 g/mol. The Labute approximate surface area is 130 Å². The van der Waals surface area contributed by atoms with Gasteiger partial charge in [0, 0.05) is 25.0 Å². The van der Waals surface area contributed by atoms with Crippen molar-refractivity contribution >= 4 is 27.5 Å². The lowest BCUT2D eigenvalue weighted by Gasteiger charge is -2.08. The molecule has 3 aromatic heterocycles. The van der Waals surface area contributed by atoms with Crippen molar-refractivity contribution in [1.29, 1.82) is 0 Å². The predicted octanol–water partition coefficient (Wildman–Crippen LogP) is 1.59. The number of pyridine rings is 1. The van der Waals surface area contributed by atoms with Crippen molar-refractivity contribution in [1.82, 2.24) is 19.9 Å². The van der Waals surface area contributed by atoms with E-state index in [1.54, 1.807) is 25.3 Å². The predicted molar refractivity (Wildman–Crippen MR) is 85.2 cm³/mol. The van der Waals surface area contributed by atoms with Gasteiger partial charge in [-0.1, -0.05) is 0 Å². The molecule has 3 heterocycles. The molecule has 0 unspecified atom stereocenters. The van der Waals surface area contributed by atoms with Crippen LogP contribution in [0.15, 0.2) is 40.9 Å². The molecule has 22 heavy (non-hydrogen) atoms. The molecule has 1 N–H and O–H groups in total. The van der Waals surface area contributed by atoms with Crippen LogP contribution in [0.2, 0.25) is 0 Å². The maximum atomic E-state index is 12.2. The van der Waals surface area contributed by atoms with Gasteiger partial charge < -0.3 is 5.32 Å². The summed E-state index contributed by atoms with van der Waals surface area (Å²) in [5.41, 5.74) is 1.86. The van der Waals surface area contributed by atoms with Crippen LogP contribution < -0.4 is 10.9 Å². The highest BCUT2D eigenvalue weighted by atomic mass is 32.1. The second kappa shape index (κ2) is 6.07. The highest BCUT2D eigenvalue weighted by Crippen LogP contribution is 2.12. The number of rotatable bonds is 4. The minimum atomic E-state index is -0.191. The highest BCUT2D eigenvalue weighted by Gasteiger charge is 2.09. The average Bonchev–Trinajstić information content (AvgIpc) is 2.99. The van der Waals surface area contributed by atoms with E-state index in [1.165, 1.54) is 22.2 Å². The van der Waals surface area contributed by atoms with Crippen LogP contribution in [0.4, 0.5) is 0 Å². The van der Waals surface area contributed by atoms with Crippen LogP contribution in [0.5, 0.6) is 0 Å². The molecule has 0 bridgehead atoms. The number of aryl methyl sites for hydroxylation is 1. The smallest absolute Gasteiger partial charge is 0.271 e. The van der Waals surface area contributed by atoms with Gasteiger partial charge in [-0.05, 0) is 30.5 Å². The molecule has 1 amide bonds. The van der Waals surface area contributed by atoms with E-state index in [-0.39, 0.29) is 11.5 Å². The fourth-order valence-electron chi connectivity index (χ4n) is 2.15. The lowest BCUT2D eigenvalue weighted by atomic mass is 10.2. The quantitative estimate of drug-likeness (QED) is 0.793. The van der Waals surface area contributed by atoms with Crippen LogP contribution in [0.3, 0.4) is 0 Å². The summed E-state index contributed by atoms with van der Waals surface area (Å²) in [7, 11) is 0. The van der Waals surface area contributed by atoms with Crippen LogP contribution in [-0.2, 0) is 6.54 Å². The number of hydrogen-bond donors (Lipinski definition) is 1. The van der Waals surface area contributed by atoms with E-state index < -0.39 is 0 Å². The van der Waals surface area contributed by atoms with Gasteiger partial charge in [0.2, 0.25) is 0 Å². The van der Waals surface area contributed by atoms with E-state index in [2.05, 4.69) is 15.3 Å². The van der Waals surface area contributed by atoms with Gasteiger partial charge in [0.15, 0.2) is 0 Å². The molecule has 0 aliphatic carbocycles. The summed E-state index contributed by atoms with van der Waals surface area (Å²) in [6.07, 6.45) is 3.16. The van der Waals surface area contributed by atoms with Gasteiger partial charge >= 0.3 is 0 Å².